The first-order chi connectivity index (χ1) is 12.4. The maximum absolute atomic E-state index is 12.1. The van der Waals surface area contributed by atoms with Gasteiger partial charge in [-0.3, -0.25) is 20.4 Å². The average Bonchev–Trinajstić information content (AvgIpc) is 2.64. The number of benzene rings is 1. The lowest BCUT2D eigenvalue weighted by atomic mass is 10.2. The van der Waals surface area contributed by atoms with Crippen molar-refractivity contribution >= 4 is 29.4 Å². The van der Waals surface area contributed by atoms with E-state index in [1.54, 1.807) is 6.07 Å². The van der Waals surface area contributed by atoms with E-state index >= 15 is 0 Å². The van der Waals surface area contributed by atoms with Crippen molar-refractivity contribution in [3.8, 4) is 5.75 Å². The van der Waals surface area contributed by atoms with Crippen LogP contribution >= 0.6 is 11.6 Å². The van der Waals surface area contributed by atoms with Gasteiger partial charge in [-0.05, 0) is 24.3 Å². The van der Waals surface area contributed by atoms with Gasteiger partial charge in [-0.25, -0.2) is 4.79 Å². The highest BCUT2D eigenvalue weighted by molar-refractivity contribution is 6.31. The summed E-state index contributed by atoms with van der Waals surface area (Å²) < 4.78 is 10.1. The molecule has 10 heteroatoms. The fraction of sp³-hybridized carbons (Fsp3) is 0.125. The predicted octanol–water partition coefficient (Wildman–Crippen LogP) is 0.600. The monoisotopic (exact) mass is 379 g/mol. The molecule has 0 saturated carbocycles. The Morgan fingerprint density at radius 3 is 2.65 bits per heavy atom. The fourth-order valence-corrected chi connectivity index (χ4v) is 2.05. The van der Waals surface area contributed by atoms with E-state index in [0.717, 1.165) is 6.20 Å². The molecule has 2 N–H and O–H groups in total. The van der Waals surface area contributed by atoms with Gasteiger partial charge in [0.2, 0.25) is 0 Å². The van der Waals surface area contributed by atoms with E-state index in [-0.39, 0.29) is 17.0 Å². The Morgan fingerprint density at radius 1 is 1.19 bits per heavy atom. The molecular weight excluding hydrogens is 366 g/mol. The Hall–Kier alpha value is -3.33. The number of nitrogens with zero attached hydrogens (tertiary/aromatic N) is 1. The molecule has 26 heavy (non-hydrogen) atoms. The number of hydrogen-bond acceptors (Lipinski definition) is 6. The Balaban J connectivity index is 1.87. The Kier molecular flexibility index (Phi) is 6.34. The number of esters is 1. The van der Waals surface area contributed by atoms with E-state index in [2.05, 4.69) is 10.9 Å². The first-order valence-corrected chi connectivity index (χ1v) is 7.58. The molecular formula is C16H14ClN3O6. The first-order valence-electron chi connectivity index (χ1n) is 7.20. The van der Waals surface area contributed by atoms with Crippen LogP contribution < -0.4 is 20.3 Å². The normalized spacial score (nSPS) is 9.92. The summed E-state index contributed by atoms with van der Waals surface area (Å²) in [5.41, 5.74) is 4.05. The van der Waals surface area contributed by atoms with Crippen molar-refractivity contribution in [2.75, 3.05) is 13.7 Å². The average molecular weight is 380 g/mol. The van der Waals surface area contributed by atoms with Crippen molar-refractivity contribution in [2.45, 2.75) is 0 Å². The van der Waals surface area contributed by atoms with E-state index < -0.39 is 24.4 Å². The highest BCUT2D eigenvalue weighted by atomic mass is 35.5. The second-order valence-corrected chi connectivity index (χ2v) is 5.27. The number of carbonyl (C=O) groups is 3. The standard InChI is InChI=1S/C16H14ClN3O6/c1-25-13-6-5-10(17)8-11(13)15(22)19-18-14(21)9-26-16(23)12-4-2-3-7-20(12)24/h2-8H,9H2,1H3,(H,18,21)(H,19,22). The number of halogens is 1. The SMILES string of the molecule is COc1ccc(Cl)cc1C(=O)NNC(=O)COC(=O)c1cccc[n+]1[O-]. The molecule has 0 aliphatic heterocycles. The van der Waals surface area contributed by atoms with Gasteiger partial charge in [0, 0.05) is 17.2 Å². The van der Waals surface area contributed by atoms with E-state index in [1.165, 1.54) is 37.4 Å². The number of carbonyl (C=O) groups excluding carboxylic acids is 3. The molecule has 0 unspecified atom stereocenters. The van der Waals surface area contributed by atoms with Gasteiger partial charge < -0.3 is 14.7 Å². The number of aromatic nitrogens is 1. The fourth-order valence-electron chi connectivity index (χ4n) is 1.88. The molecule has 0 aliphatic rings. The van der Waals surface area contributed by atoms with Crippen LogP contribution in [0.5, 0.6) is 5.75 Å². The minimum absolute atomic E-state index is 0.106. The van der Waals surface area contributed by atoms with Crippen molar-refractivity contribution in [1.82, 2.24) is 10.9 Å². The predicted molar refractivity (Wildman–Crippen MR) is 89.3 cm³/mol. The van der Waals surface area contributed by atoms with Crippen LogP contribution in [0, 0.1) is 5.21 Å². The first kappa shape index (κ1) is 19.0. The van der Waals surface area contributed by atoms with Crippen LogP contribution in [0.3, 0.4) is 0 Å². The molecule has 1 aromatic heterocycles. The summed E-state index contributed by atoms with van der Waals surface area (Å²) in [6.07, 6.45) is 1.12. The molecule has 1 aromatic carbocycles. The minimum atomic E-state index is -0.974. The molecule has 0 saturated heterocycles. The lowest BCUT2D eigenvalue weighted by Crippen LogP contribution is -2.44. The van der Waals surface area contributed by atoms with Crippen molar-refractivity contribution < 1.29 is 28.6 Å². The molecule has 0 fully saturated rings. The van der Waals surface area contributed by atoms with Crippen LogP contribution in [-0.4, -0.2) is 31.5 Å². The molecule has 0 atom stereocenters. The van der Waals surface area contributed by atoms with Crippen molar-refractivity contribution in [3.05, 3.63) is 64.1 Å². The zero-order chi connectivity index (χ0) is 19.1. The van der Waals surface area contributed by atoms with Gasteiger partial charge in [0.05, 0.1) is 12.7 Å². The summed E-state index contributed by atoms with van der Waals surface area (Å²) in [4.78, 5) is 35.5. The third-order valence-corrected chi connectivity index (χ3v) is 3.32. The quantitative estimate of drug-likeness (QED) is 0.339. The van der Waals surface area contributed by atoms with Gasteiger partial charge in [-0.1, -0.05) is 11.6 Å². The number of nitrogens with one attached hydrogen (secondary N) is 2. The van der Waals surface area contributed by atoms with Crippen LogP contribution in [-0.2, 0) is 9.53 Å². The maximum Gasteiger partial charge on any atom is 0.405 e. The molecule has 0 spiro atoms. The van der Waals surface area contributed by atoms with E-state index in [4.69, 9.17) is 21.1 Å². The summed E-state index contributed by atoms with van der Waals surface area (Å²) >= 11 is 5.83. The van der Waals surface area contributed by atoms with Gasteiger partial charge in [-0.15, -0.1) is 0 Å². The molecule has 1 heterocycles. The molecule has 0 aliphatic carbocycles. The number of pyridine rings is 1. The second kappa shape index (κ2) is 8.67. The molecule has 0 bridgehead atoms. The van der Waals surface area contributed by atoms with Crippen LogP contribution in [0.4, 0.5) is 0 Å². The molecule has 2 amide bonds. The van der Waals surface area contributed by atoms with Gasteiger partial charge in [0.15, 0.2) is 12.8 Å². The smallest absolute Gasteiger partial charge is 0.405 e. The summed E-state index contributed by atoms with van der Waals surface area (Å²) in [7, 11) is 1.38. The minimum Gasteiger partial charge on any atom is -0.618 e. The van der Waals surface area contributed by atoms with Crippen LogP contribution in [0.15, 0.2) is 42.6 Å². The Labute approximate surface area is 153 Å². The molecule has 2 rings (SSSR count). The molecule has 136 valence electrons. The van der Waals surface area contributed by atoms with Crippen LogP contribution in [0.25, 0.3) is 0 Å². The van der Waals surface area contributed by atoms with Crippen LogP contribution in [0.2, 0.25) is 5.02 Å². The maximum atomic E-state index is 12.1. The second-order valence-electron chi connectivity index (χ2n) is 4.83. The zero-order valence-electron chi connectivity index (χ0n) is 13.5. The summed E-state index contributed by atoms with van der Waals surface area (Å²) in [5.74, 6) is -2.19. The largest absolute Gasteiger partial charge is 0.618 e. The number of hydrogen-bond donors (Lipinski definition) is 2. The summed E-state index contributed by atoms with van der Waals surface area (Å²) in [6, 6.07) is 8.57. The number of methoxy groups -OCH3 is 1. The van der Waals surface area contributed by atoms with E-state index in [0.29, 0.717) is 9.75 Å². The highest BCUT2D eigenvalue weighted by Crippen LogP contribution is 2.22. The number of amides is 2. The van der Waals surface area contributed by atoms with Crippen molar-refractivity contribution in [3.63, 3.8) is 0 Å². The Bertz CT molecular complexity index is 842. The number of rotatable bonds is 5. The molecule has 2 aromatic rings. The number of hydrazine groups is 1. The number of ether oxygens (including phenoxy) is 2. The topological polar surface area (TPSA) is 121 Å². The van der Waals surface area contributed by atoms with E-state index in [9.17, 15) is 19.6 Å². The van der Waals surface area contributed by atoms with Crippen molar-refractivity contribution in [2.24, 2.45) is 0 Å². The molecule has 0 radical (unpaired) electrons. The van der Waals surface area contributed by atoms with Gasteiger partial charge in [0.25, 0.3) is 11.8 Å². The molecule has 9 nitrogen and oxygen atoms in total. The third kappa shape index (κ3) is 4.84. The highest BCUT2D eigenvalue weighted by Gasteiger charge is 2.19. The third-order valence-electron chi connectivity index (χ3n) is 3.09. The lowest BCUT2D eigenvalue weighted by molar-refractivity contribution is -0.608. The van der Waals surface area contributed by atoms with E-state index in [1.807, 2.05) is 0 Å². The van der Waals surface area contributed by atoms with Gasteiger partial charge >= 0.3 is 11.7 Å². The van der Waals surface area contributed by atoms with Crippen LogP contribution in [0.1, 0.15) is 20.8 Å². The zero-order valence-corrected chi connectivity index (χ0v) is 14.3. The summed E-state index contributed by atoms with van der Waals surface area (Å²) in [5, 5.41) is 11.7. The lowest BCUT2D eigenvalue weighted by Gasteiger charge is -2.11. The van der Waals surface area contributed by atoms with Gasteiger partial charge in [0.1, 0.15) is 5.75 Å². The van der Waals surface area contributed by atoms with Gasteiger partial charge in [-0.2, -0.15) is 4.73 Å². The Morgan fingerprint density at radius 2 is 1.96 bits per heavy atom. The van der Waals surface area contributed by atoms with Crippen molar-refractivity contribution in [1.29, 1.82) is 0 Å². The summed E-state index contributed by atoms with van der Waals surface area (Å²) in [6.45, 7) is -0.694.